The lowest BCUT2D eigenvalue weighted by Gasteiger charge is -2.20. The van der Waals surface area contributed by atoms with E-state index in [1.54, 1.807) is 23.5 Å². The molecule has 1 atom stereocenters. The summed E-state index contributed by atoms with van der Waals surface area (Å²) in [5, 5.41) is 17.3. The van der Waals surface area contributed by atoms with Gasteiger partial charge < -0.3 is 14.7 Å². The molecule has 0 bridgehead atoms. The monoisotopic (exact) mass is 483 g/mol. The molecule has 0 fully saturated rings. The van der Waals surface area contributed by atoms with Crippen LogP contribution in [0.15, 0.2) is 65.4 Å². The summed E-state index contributed by atoms with van der Waals surface area (Å²) >= 11 is 2.78. The second kappa shape index (κ2) is 9.04. The number of hydrogen-bond acceptors (Lipinski definition) is 5. The van der Waals surface area contributed by atoms with Crippen molar-refractivity contribution < 1.29 is 19.0 Å². The zero-order valence-electron chi connectivity index (χ0n) is 17.8. The predicted molar refractivity (Wildman–Crippen MR) is 134 cm³/mol. The molecule has 0 aliphatic carbocycles. The number of carbonyl (C=O) groups is 1. The van der Waals surface area contributed by atoms with Crippen molar-refractivity contribution in [1.29, 1.82) is 0 Å². The molecule has 32 heavy (non-hydrogen) atoms. The Morgan fingerprint density at radius 3 is 2.31 bits per heavy atom. The third kappa shape index (κ3) is 4.43. The number of nitrogens with one attached hydrogen (secondary N) is 1. The Bertz CT molecular complexity index is 1310. The van der Waals surface area contributed by atoms with Crippen molar-refractivity contribution in [3.63, 3.8) is 0 Å². The summed E-state index contributed by atoms with van der Waals surface area (Å²) in [6.07, 6.45) is 0. The van der Waals surface area contributed by atoms with Gasteiger partial charge in [-0.25, -0.2) is 4.79 Å². The van der Waals surface area contributed by atoms with Gasteiger partial charge in [0.1, 0.15) is 4.88 Å². The Morgan fingerprint density at radius 1 is 1.00 bits per heavy atom. The molecule has 8 heteroatoms. The highest BCUT2D eigenvalue weighted by Gasteiger charge is 2.30. The normalized spacial score (nSPS) is 13.0. The lowest BCUT2D eigenvalue weighted by Crippen LogP contribution is -2.17. The Hall–Kier alpha value is -2.70. The Balaban J connectivity index is 1.70. The van der Waals surface area contributed by atoms with Crippen molar-refractivity contribution >= 4 is 47.2 Å². The topological polar surface area (TPSA) is 75.6 Å². The third-order valence-corrected chi connectivity index (χ3v) is 9.19. The van der Waals surface area contributed by atoms with E-state index in [0.29, 0.717) is 5.30 Å². The number of carboxylic acids is 1. The van der Waals surface area contributed by atoms with Gasteiger partial charge in [0, 0.05) is 12.0 Å². The zero-order valence-corrected chi connectivity index (χ0v) is 20.3. The molecule has 0 amide bonds. The fourth-order valence-electron chi connectivity index (χ4n) is 3.53. The van der Waals surface area contributed by atoms with E-state index in [2.05, 4.69) is 16.5 Å². The van der Waals surface area contributed by atoms with Crippen LogP contribution >= 0.6 is 30.2 Å². The van der Waals surface area contributed by atoms with E-state index in [-0.39, 0.29) is 10.6 Å². The number of carboxylic acid groups (broad SMARTS) is 1. The number of benzene rings is 2. The molecule has 164 valence electrons. The van der Waals surface area contributed by atoms with Gasteiger partial charge in [0.05, 0.1) is 11.0 Å². The maximum absolute atomic E-state index is 13.7. The van der Waals surface area contributed by atoms with Crippen LogP contribution in [0.3, 0.4) is 0 Å². The predicted octanol–water partition coefficient (Wildman–Crippen LogP) is 7.04. The highest BCUT2D eigenvalue weighted by molar-refractivity contribution is 7.68. The van der Waals surface area contributed by atoms with Gasteiger partial charge in [-0.2, -0.15) is 11.3 Å². The molecular formula is C24H22NO4PS2. The standard InChI is InChI=1S/C24H22NO4PS2/c1-15-4-9-21(16(2)12-15)30(28,29-3)25-20-13-22(32-23(20)24(26)27)18-7-5-17(6-8-18)19-10-11-31-14-19/h4-14H,1-3H3,(H,25,28)(H,26,27). The first-order valence-corrected chi connectivity index (χ1v) is 13.2. The lowest BCUT2D eigenvalue weighted by atomic mass is 10.1. The summed E-state index contributed by atoms with van der Waals surface area (Å²) in [5.41, 5.74) is 5.29. The number of rotatable bonds is 7. The van der Waals surface area contributed by atoms with E-state index in [0.717, 1.165) is 44.0 Å². The number of aryl methyl sites for hydroxylation is 2. The molecule has 0 radical (unpaired) electrons. The minimum absolute atomic E-state index is 0.0870. The Kier molecular flexibility index (Phi) is 6.35. The second-order valence-corrected chi connectivity index (χ2v) is 11.4. The average molecular weight is 484 g/mol. The number of hydrogen-bond donors (Lipinski definition) is 2. The van der Waals surface area contributed by atoms with E-state index in [9.17, 15) is 14.5 Å². The lowest BCUT2D eigenvalue weighted by molar-refractivity contribution is 0.0703. The summed E-state index contributed by atoms with van der Waals surface area (Å²) in [6.45, 7) is 3.82. The summed E-state index contributed by atoms with van der Waals surface area (Å²) < 4.78 is 19.1. The highest BCUT2D eigenvalue weighted by Crippen LogP contribution is 2.48. The molecule has 4 rings (SSSR count). The minimum Gasteiger partial charge on any atom is -0.477 e. The summed E-state index contributed by atoms with van der Waals surface area (Å²) in [6, 6.07) is 17.3. The van der Waals surface area contributed by atoms with Crippen LogP contribution < -0.4 is 10.4 Å². The highest BCUT2D eigenvalue weighted by atomic mass is 32.1. The van der Waals surface area contributed by atoms with Crippen LogP contribution in [0.4, 0.5) is 5.69 Å². The van der Waals surface area contributed by atoms with Gasteiger partial charge in [0.2, 0.25) is 0 Å². The molecule has 1 unspecified atom stereocenters. The van der Waals surface area contributed by atoms with Crippen LogP contribution in [0.5, 0.6) is 0 Å². The Labute approximate surface area is 194 Å². The van der Waals surface area contributed by atoms with Gasteiger partial charge in [0.25, 0.3) is 0 Å². The average Bonchev–Trinajstić information content (AvgIpc) is 3.44. The van der Waals surface area contributed by atoms with Gasteiger partial charge in [-0.3, -0.25) is 4.57 Å². The fourth-order valence-corrected chi connectivity index (χ4v) is 6.93. The Morgan fingerprint density at radius 2 is 1.72 bits per heavy atom. The number of anilines is 1. The summed E-state index contributed by atoms with van der Waals surface area (Å²) in [7, 11) is -2.16. The largest absolute Gasteiger partial charge is 0.477 e. The number of thiophene rings is 2. The third-order valence-electron chi connectivity index (χ3n) is 5.14. The number of aromatic carboxylic acids is 1. The first-order chi connectivity index (χ1) is 15.3. The molecular weight excluding hydrogens is 461 g/mol. The summed E-state index contributed by atoms with van der Waals surface area (Å²) in [4.78, 5) is 12.8. The van der Waals surface area contributed by atoms with Gasteiger partial charge in [-0.15, -0.1) is 11.3 Å². The van der Waals surface area contributed by atoms with Crippen molar-refractivity contribution in [2.75, 3.05) is 12.2 Å². The van der Waals surface area contributed by atoms with Crippen LogP contribution in [0.25, 0.3) is 21.6 Å². The van der Waals surface area contributed by atoms with Gasteiger partial charge >= 0.3 is 13.5 Å². The van der Waals surface area contributed by atoms with Gasteiger partial charge in [-0.05, 0) is 65.1 Å². The zero-order chi connectivity index (χ0) is 22.9. The fraction of sp³-hybridized carbons (Fsp3) is 0.125. The maximum atomic E-state index is 13.7. The van der Waals surface area contributed by atoms with E-state index >= 15 is 0 Å². The quantitative estimate of drug-likeness (QED) is 0.276. The van der Waals surface area contributed by atoms with Crippen molar-refractivity contribution in [3.05, 3.63) is 81.4 Å². The summed E-state index contributed by atoms with van der Waals surface area (Å²) in [5.74, 6) is -1.08. The van der Waals surface area contributed by atoms with Crippen LogP contribution in [-0.2, 0) is 9.09 Å². The van der Waals surface area contributed by atoms with E-state index in [1.807, 2.05) is 55.6 Å². The van der Waals surface area contributed by atoms with Crippen molar-refractivity contribution in [1.82, 2.24) is 0 Å². The maximum Gasteiger partial charge on any atom is 0.348 e. The SMILES string of the molecule is COP(=O)(Nc1cc(-c2ccc(-c3ccsc3)cc2)sc1C(=O)O)c1ccc(C)cc1C. The van der Waals surface area contributed by atoms with Crippen LogP contribution in [-0.4, -0.2) is 18.2 Å². The first-order valence-electron chi connectivity index (χ1n) is 9.83. The molecule has 2 aromatic heterocycles. The van der Waals surface area contributed by atoms with Gasteiger partial charge in [-0.1, -0.05) is 42.0 Å². The molecule has 0 aliphatic heterocycles. The molecule has 0 saturated heterocycles. The molecule has 5 nitrogen and oxygen atoms in total. The van der Waals surface area contributed by atoms with E-state index < -0.39 is 13.5 Å². The van der Waals surface area contributed by atoms with Gasteiger partial charge in [0.15, 0.2) is 0 Å². The molecule has 4 aromatic rings. The second-order valence-electron chi connectivity index (χ2n) is 7.38. The molecule has 2 heterocycles. The molecule has 0 aliphatic rings. The van der Waals surface area contributed by atoms with Crippen molar-refractivity contribution in [3.8, 4) is 21.6 Å². The van der Waals surface area contributed by atoms with Crippen molar-refractivity contribution in [2.45, 2.75) is 13.8 Å². The van der Waals surface area contributed by atoms with E-state index in [1.165, 1.54) is 7.11 Å². The smallest absolute Gasteiger partial charge is 0.348 e. The molecule has 2 aromatic carbocycles. The minimum atomic E-state index is -3.52. The van der Waals surface area contributed by atoms with Crippen LogP contribution in [0, 0.1) is 13.8 Å². The van der Waals surface area contributed by atoms with Crippen LogP contribution in [0.1, 0.15) is 20.8 Å². The molecule has 2 N–H and O–H groups in total. The molecule has 0 saturated carbocycles. The van der Waals surface area contributed by atoms with Crippen molar-refractivity contribution in [2.24, 2.45) is 0 Å². The first kappa shape index (κ1) is 22.5. The van der Waals surface area contributed by atoms with E-state index in [4.69, 9.17) is 4.52 Å². The van der Waals surface area contributed by atoms with Crippen LogP contribution in [0.2, 0.25) is 0 Å². The molecule has 0 spiro atoms.